The fraction of sp³-hybridized carbons (Fsp3) is 1.00. The van der Waals surface area contributed by atoms with Crippen LogP contribution in [-0.2, 0) is 14.6 Å². The summed E-state index contributed by atoms with van der Waals surface area (Å²) in [6, 6.07) is 0. The van der Waals surface area contributed by atoms with Gasteiger partial charge in [-0.2, -0.15) is 8.42 Å². The molecular formula is C24H50O4S. The normalized spacial score (nSPS) is 13.3. The van der Waals surface area contributed by atoms with Gasteiger partial charge in [0.1, 0.15) is 0 Å². The minimum Gasteiger partial charge on any atom is -0.264 e. The molecule has 29 heavy (non-hydrogen) atoms. The lowest BCUT2D eigenvalue weighted by atomic mass is 10.0. The number of hydrogen-bond acceptors (Lipinski definition) is 3. The molecule has 0 saturated heterocycles. The second-order valence-electron chi connectivity index (χ2n) is 9.21. The first-order valence-corrected chi connectivity index (χ1v) is 13.9. The predicted molar refractivity (Wildman–Crippen MR) is 125 cm³/mol. The molecule has 0 aliphatic rings. The highest BCUT2D eigenvalue weighted by Crippen LogP contribution is 2.18. The van der Waals surface area contributed by atoms with Crippen molar-refractivity contribution in [3.05, 3.63) is 0 Å². The van der Waals surface area contributed by atoms with Gasteiger partial charge < -0.3 is 0 Å². The zero-order valence-electron chi connectivity index (χ0n) is 19.7. The molecular weight excluding hydrogens is 384 g/mol. The molecule has 5 heteroatoms. The Morgan fingerprint density at radius 3 is 1.31 bits per heavy atom. The van der Waals surface area contributed by atoms with Gasteiger partial charge in [-0.25, -0.2) is 4.18 Å². The molecule has 0 aliphatic carbocycles. The summed E-state index contributed by atoms with van der Waals surface area (Å²) in [5.74, 6) is 0.828. The van der Waals surface area contributed by atoms with E-state index >= 15 is 0 Å². The van der Waals surface area contributed by atoms with Crippen LogP contribution in [0.2, 0.25) is 0 Å². The van der Waals surface area contributed by atoms with Gasteiger partial charge >= 0.3 is 10.4 Å². The van der Waals surface area contributed by atoms with Gasteiger partial charge in [0.25, 0.3) is 0 Å². The van der Waals surface area contributed by atoms with Crippen LogP contribution in [0.3, 0.4) is 0 Å². The number of rotatable bonds is 22. The van der Waals surface area contributed by atoms with E-state index < -0.39 is 10.4 Å². The highest BCUT2D eigenvalue weighted by Gasteiger charge is 2.16. The summed E-state index contributed by atoms with van der Waals surface area (Å²) in [5.41, 5.74) is 0. The average Bonchev–Trinajstić information content (AvgIpc) is 2.63. The molecule has 0 radical (unpaired) electrons. The zero-order valence-corrected chi connectivity index (χ0v) is 20.5. The molecule has 0 aliphatic heterocycles. The molecule has 4 nitrogen and oxygen atoms in total. The maximum absolute atomic E-state index is 11.1. The molecule has 0 saturated carbocycles. The Hall–Kier alpha value is -0.130. The third-order valence-corrected chi connectivity index (χ3v) is 6.21. The molecule has 0 rings (SSSR count). The van der Waals surface area contributed by atoms with Gasteiger partial charge in [-0.3, -0.25) is 4.55 Å². The minimum absolute atomic E-state index is 0.360. The lowest BCUT2D eigenvalue weighted by molar-refractivity contribution is 0.157. The Labute approximate surface area is 182 Å². The molecule has 0 spiro atoms. The van der Waals surface area contributed by atoms with Crippen LogP contribution in [0.1, 0.15) is 143 Å². The van der Waals surface area contributed by atoms with Gasteiger partial charge in [-0.05, 0) is 18.8 Å². The van der Waals surface area contributed by atoms with E-state index in [0.29, 0.717) is 0 Å². The standard InChI is InChI=1S/C24H50O4S/c1-4-5-6-7-11-15-18-21-24(28-29(25,26)27)22-19-16-13-10-8-9-12-14-17-20-23(2)3/h23-24H,4-22H2,1-3H3,(H,25,26,27). The summed E-state index contributed by atoms with van der Waals surface area (Å²) in [4.78, 5) is 0. The molecule has 1 unspecified atom stereocenters. The quantitative estimate of drug-likeness (QED) is 0.137. The fourth-order valence-corrected chi connectivity index (χ4v) is 4.44. The van der Waals surface area contributed by atoms with Gasteiger partial charge in [0, 0.05) is 0 Å². The van der Waals surface area contributed by atoms with Gasteiger partial charge in [-0.15, -0.1) is 0 Å². The van der Waals surface area contributed by atoms with Crippen molar-refractivity contribution in [2.24, 2.45) is 5.92 Å². The lowest BCUT2D eigenvalue weighted by Crippen LogP contribution is -2.18. The van der Waals surface area contributed by atoms with Crippen LogP contribution in [0.5, 0.6) is 0 Å². The average molecular weight is 435 g/mol. The summed E-state index contributed by atoms with van der Waals surface area (Å²) in [5, 5.41) is 0. The SMILES string of the molecule is CCCCCCCCCC(CCCCCCCCCCCC(C)C)OS(=O)(=O)O. The smallest absolute Gasteiger partial charge is 0.264 e. The largest absolute Gasteiger partial charge is 0.397 e. The van der Waals surface area contributed by atoms with Crippen molar-refractivity contribution in [1.29, 1.82) is 0 Å². The van der Waals surface area contributed by atoms with Crippen LogP contribution in [0, 0.1) is 5.92 Å². The van der Waals surface area contributed by atoms with Crippen molar-refractivity contribution in [2.75, 3.05) is 0 Å². The Balaban J connectivity index is 3.71. The van der Waals surface area contributed by atoms with Crippen LogP contribution in [0.15, 0.2) is 0 Å². The first-order valence-electron chi connectivity index (χ1n) is 12.5. The topological polar surface area (TPSA) is 63.6 Å². The summed E-state index contributed by atoms with van der Waals surface area (Å²) < 4.78 is 36.1. The summed E-state index contributed by atoms with van der Waals surface area (Å²) in [6.45, 7) is 6.80. The molecule has 0 bridgehead atoms. The van der Waals surface area contributed by atoms with Gasteiger partial charge in [0.2, 0.25) is 0 Å². The van der Waals surface area contributed by atoms with Gasteiger partial charge in [0.05, 0.1) is 6.10 Å². The lowest BCUT2D eigenvalue weighted by Gasteiger charge is -2.15. The van der Waals surface area contributed by atoms with Gasteiger partial charge in [0.15, 0.2) is 0 Å². The van der Waals surface area contributed by atoms with Crippen molar-refractivity contribution < 1.29 is 17.2 Å². The summed E-state index contributed by atoms with van der Waals surface area (Å²) in [6.07, 6.45) is 22.2. The molecule has 0 fully saturated rings. The zero-order chi connectivity index (χ0) is 21.8. The third-order valence-electron chi connectivity index (χ3n) is 5.69. The monoisotopic (exact) mass is 434 g/mol. The second kappa shape index (κ2) is 19.8. The highest BCUT2D eigenvalue weighted by molar-refractivity contribution is 7.80. The highest BCUT2D eigenvalue weighted by atomic mass is 32.3. The van der Waals surface area contributed by atoms with Crippen molar-refractivity contribution >= 4 is 10.4 Å². The predicted octanol–water partition coefficient (Wildman–Crippen LogP) is 8.26. The first-order chi connectivity index (χ1) is 13.8. The Bertz CT molecular complexity index is 434. The maximum atomic E-state index is 11.1. The van der Waals surface area contributed by atoms with Crippen LogP contribution >= 0.6 is 0 Å². The van der Waals surface area contributed by atoms with E-state index in [2.05, 4.69) is 20.8 Å². The van der Waals surface area contributed by atoms with E-state index in [1.54, 1.807) is 0 Å². The van der Waals surface area contributed by atoms with E-state index in [1.807, 2.05) is 0 Å². The molecule has 1 N–H and O–H groups in total. The molecule has 0 amide bonds. The van der Waals surface area contributed by atoms with Gasteiger partial charge in [-0.1, -0.05) is 130 Å². The number of unbranched alkanes of at least 4 members (excludes halogenated alkanes) is 14. The van der Waals surface area contributed by atoms with Crippen LogP contribution in [-0.4, -0.2) is 19.1 Å². The van der Waals surface area contributed by atoms with E-state index in [0.717, 1.165) is 44.4 Å². The molecule has 0 heterocycles. The van der Waals surface area contributed by atoms with Crippen LogP contribution < -0.4 is 0 Å². The van der Waals surface area contributed by atoms with E-state index in [-0.39, 0.29) is 6.10 Å². The minimum atomic E-state index is -4.35. The Morgan fingerprint density at radius 2 is 0.966 bits per heavy atom. The fourth-order valence-electron chi connectivity index (χ4n) is 3.90. The molecule has 176 valence electrons. The molecule has 0 aromatic rings. The van der Waals surface area contributed by atoms with Crippen LogP contribution in [0.4, 0.5) is 0 Å². The Morgan fingerprint density at radius 1 is 0.621 bits per heavy atom. The van der Waals surface area contributed by atoms with E-state index in [1.165, 1.54) is 83.5 Å². The van der Waals surface area contributed by atoms with Crippen molar-refractivity contribution in [3.63, 3.8) is 0 Å². The maximum Gasteiger partial charge on any atom is 0.397 e. The number of hydrogen-bond donors (Lipinski definition) is 1. The van der Waals surface area contributed by atoms with E-state index in [4.69, 9.17) is 8.74 Å². The van der Waals surface area contributed by atoms with Crippen molar-refractivity contribution in [1.82, 2.24) is 0 Å². The molecule has 1 atom stereocenters. The summed E-state index contributed by atoms with van der Waals surface area (Å²) in [7, 11) is -4.35. The van der Waals surface area contributed by atoms with Crippen molar-refractivity contribution in [2.45, 2.75) is 149 Å². The third kappa shape index (κ3) is 24.0. The van der Waals surface area contributed by atoms with E-state index in [9.17, 15) is 8.42 Å². The summed E-state index contributed by atoms with van der Waals surface area (Å²) >= 11 is 0. The molecule has 0 aromatic heterocycles. The van der Waals surface area contributed by atoms with Crippen molar-refractivity contribution in [3.8, 4) is 0 Å². The first kappa shape index (κ1) is 28.9. The Kier molecular flexibility index (Phi) is 19.7. The molecule has 0 aromatic carbocycles. The second-order valence-corrected chi connectivity index (χ2v) is 10.3. The van der Waals surface area contributed by atoms with Crippen LogP contribution in [0.25, 0.3) is 0 Å².